The van der Waals surface area contributed by atoms with Crippen LogP contribution in [-0.2, 0) is 9.53 Å². The molecule has 7 heteroatoms. The molecule has 24 heavy (non-hydrogen) atoms. The third kappa shape index (κ3) is 4.57. The summed E-state index contributed by atoms with van der Waals surface area (Å²) in [4.78, 5) is 22.3. The molecule has 124 valence electrons. The van der Waals surface area contributed by atoms with Crippen molar-refractivity contribution < 1.29 is 19.2 Å². The van der Waals surface area contributed by atoms with Gasteiger partial charge in [0.1, 0.15) is 6.61 Å². The second-order valence-electron chi connectivity index (χ2n) is 4.73. The van der Waals surface area contributed by atoms with Gasteiger partial charge in [0.15, 0.2) is 5.75 Å². The standard InChI is InChI=1S/C17H14ClNO5/c1-23-17(20)13(9-12-5-4-6-14(18)10-12)11-24-16-8-3-2-7-15(16)19(21)22/h2-10H,11H2,1H3/b13-9+. The Kier molecular flexibility index (Phi) is 5.92. The Labute approximate surface area is 143 Å². The lowest BCUT2D eigenvalue weighted by atomic mass is 10.1. The lowest BCUT2D eigenvalue weighted by Crippen LogP contribution is -2.13. The van der Waals surface area contributed by atoms with Crippen molar-refractivity contribution in [3.05, 3.63) is 74.8 Å². The van der Waals surface area contributed by atoms with Gasteiger partial charge in [-0.2, -0.15) is 0 Å². The third-order valence-electron chi connectivity index (χ3n) is 3.08. The SMILES string of the molecule is COC(=O)/C(=C/c1cccc(Cl)c1)COc1ccccc1[N+](=O)[O-]. The number of hydrogen-bond donors (Lipinski definition) is 0. The Morgan fingerprint density at radius 1 is 1.25 bits per heavy atom. The first-order valence-corrected chi connectivity index (χ1v) is 7.29. The predicted molar refractivity (Wildman–Crippen MR) is 90.0 cm³/mol. The second-order valence-corrected chi connectivity index (χ2v) is 5.17. The Hall–Kier alpha value is -2.86. The number of benzene rings is 2. The number of ether oxygens (including phenoxy) is 2. The van der Waals surface area contributed by atoms with Crippen LogP contribution in [0.3, 0.4) is 0 Å². The Morgan fingerprint density at radius 2 is 2.00 bits per heavy atom. The fourth-order valence-electron chi connectivity index (χ4n) is 1.97. The average Bonchev–Trinajstić information content (AvgIpc) is 2.58. The fourth-order valence-corrected chi connectivity index (χ4v) is 2.17. The monoisotopic (exact) mass is 347 g/mol. The van der Waals surface area contributed by atoms with Crippen molar-refractivity contribution in [2.75, 3.05) is 13.7 Å². The first-order chi connectivity index (χ1) is 11.5. The van der Waals surface area contributed by atoms with Gasteiger partial charge in [-0.05, 0) is 29.8 Å². The molecule has 6 nitrogen and oxygen atoms in total. The van der Waals surface area contributed by atoms with Gasteiger partial charge < -0.3 is 9.47 Å². The number of methoxy groups -OCH3 is 1. The summed E-state index contributed by atoms with van der Waals surface area (Å²) >= 11 is 5.92. The third-order valence-corrected chi connectivity index (χ3v) is 3.32. The Balaban J connectivity index is 2.25. The van der Waals surface area contributed by atoms with Crippen LogP contribution in [-0.4, -0.2) is 24.6 Å². The number of para-hydroxylation sites is 2. The minimum Gasteiger partial charge on any atom is -0.482 e. The maximum Gasteiger partial charge on any atom is 0.337 e. The highest BCUT2D eigenvalue weighted by atomic mass is 35.5. The van der Waals surface area contributed by atoms with Crippen LogP contribution in [0.1, 0.15) is 5.56 Å². The molecule has 0 aliphatic rings. The molecular weight excluding hydrogens is 334 g/mol. The molecule has 2 rings (SSSR count). The first-order valence-electron chi connectivity index (χ1n) is 6.92. The van der Waals surface area contributed by atoms with E-state index in [4.69, 9.17) is 21.1 Å². The second kappa shape index (κ2) is 8.12. The van der Waals surface area contributed by atoms with Crippen molar-refractivity contribution in [1.82, 2.24) is 0 Å². The summed E-state index contributed by atoms with van der Waals surface area (Å²) in [5, 5.41) is 11.5. The zero-order valence-corrected chi connectivity index (χ0v) is 13.5. The highest BCUT2D eigenvalue weighted by Crippen LogP contribution is 2.26. The molecule has 0 heterocycles. The summed E-state index contributed by atoms with van der Waals surface area (Å²) in [6, 6.07) is 12.8. The van der Waals surface area contributed by atoms with E-state index in [0.717, 1.165) is 0 Å². The van der Waals surface area contributed by atoms with Crippen molar-refractivity contribution in [3.63, 3.8) is 0 Å². The van der Waals surface area contributed by atoms with Crippen LogP contribution in [0.5, 0.6) is 5.75 Å². The lowest BCUT2D eigenvalue weighted by molar-refractivity contribution is -0.385. The molecule has 0 radical (unpaired) electrons. The first kappa shape index (κ1) is 17.5. The van der Waals surface area contributed by atoms with Crippen molar-refractivity contribution >= 4 is 29.3 Å². The van der Waals surface area contributed by atoms with Gasteiger partial charge in [0.25, 0.3) is 0 Å². The largest absolute Gasteiger partial charge is 0.482 e. The zero-order valence-electron chi connectivity index (χ0n) is 12.8. The molecule has 2 aromatic carbocycles. The molecule has 0 unspecified atom stereocenters. The molecule has 2 aromatic rings. The van der Waals surface area contributed by atoms with E-state index in [0.29, 0.717) is 10.6 Å². The average molecular weight is 348 g/mol. The normalized spacial score (nSPS) is 11.0. The highest BCUT2D eigenvalue weighted by Gasteiger charge is 2.16. The molecule has 0 spiro atoms. The molecule has 0 fully saturated rings. The predicted octanol–water partition coefficient (Wildman–Crippen LogP) is 3.88. The number of nitro benzene ring substituents is 1. The maximum atomic E-state index is 11.9. The van der Waals surface area contributed by atoms with Crippen LogP contribution in [0.2, 0.25) is 5.02 Å². The van der Waals surface area contributed by atoms with E-state index in [2.05, 4.69) is 0 Å². The summed E-state index contributed by atoms with van der Waals surface area (Å²) in [6.07, 6.45) is 1.56. The summed E-state index contributed by atoms with van der Waals surface area (Å²) in [5.74, 6) is -0.517. The van der Waals surface area contributed by atoms with E-state index in [1.807, 2.05) is 0 Å². The number of nitrogens with zero attached hydrogens (tertiary/aromatic N) is 1. The Bertz CT molecular complexity index is 788. The quantitative estimate of drug-likeness (QED) is 0.343. The number of halogens is 1. The number of rotatable bonds is 6. The highest BCUT2D eigenvalue weighted by molar-refractivity contribution is 6.30. The summed E-state index contributed by atoms with van der Waals surface area (Å²) in [7, 11) is 1.25. The number of carbonyl (C=O) groups excluding carboxylic acids is 1. The van der Waals surface area contributed by atoms with E-state index in [9.17, 15) is 14.9 Å². The molecule has 0 saturated carbocycles. The number of hydrogen-bond acceptors (Lipinski definition) is 5. The zero-order chi connectivity index (χ0) is 17.5. The van der Waals surface area contributed by atoms with Gasteiger partial charge in [-0.15, -0.1) is 0 Å². The lowest BCUT2D eigenvalue weighted by Gasteiger charge is -2.09. The molecular formula is C17H14ClNO5. The summed E-state index contributed by atoms with van der Waals surface area (Å²) < 4.78 is 10.2. The molecule has 0 atom stereocenters. The summed E-state index contributed by atoms with van der Waals surface area (Å²) in [6.45, 7) is -0.177. The molecule has 0 aliphatic carbocycles. The molecule has 0 bridgehead atoms. The van der Waals surface area contributed by atoms with Gasteiger partial charge in [0.2, 0.25) is 0 Å². The van der Waals surface area contributed by atoms with Crippen LogP contribution in [0.25, 0.3) is 6.08 Å². The molecule has 0 aliphatic heterocycles. The van der Waals surface area contributed by atoms with Gasteiger partial charge in [-0.25, -0.2) is 4.79 Å². The van der Waals surface area contributed by atoms with Crippen LogP contribution in [0, 0.1) is 10.1 Å². The molecule has 0 amide bonds. The van der Waals surface area contributed by atoms with Crippen LogP contribution >= 0.6 is 11.6 Å². The number of carbonyl (C=O) groups is 1. The minimum absolute atomic E-state index is 0.0726. The van der Waals surface area contributed by atoms with Crippen LogP contribution in [0.15, 0.2) is 54.1 Å². The van der Waals surface area contributed by atoms with E-state index >= 15 is 0 Å². The van der Waals surface area contributed by atoms with Crippen molar-refractivity contribution in [1.29, 1.82) is 0 Å². The Morgan fingerprint density at radius 3 is 2.67 bits per heavy atom. The fraction of sp³-hybridized carbons (Fsp3) is 0.118. The maximum absolute atomic E-state index is 11.9. The van der Waals surface area contributed by atoms with Crippen molar-refractivity contribution in [2.24, 2.45) is 0 Å². The molecule has 0 N–H and O–H groups in total. The minimum atomic E-state index is -0.589. The van der Waals surface area contributed by atoms with Gasteiger partial charge in [-0.3, -0.25) is 10.1 Å². The van der Waals surface area contributed by atoms with Crippen LogP contribution < -0.4 is 4.74 Å². The number of esters is 1. The number of nitro groups is 1. The van der Waals surface area contributed by atoms with Crippen molar-refractivity contribution in [2.45, 2.75) is 0 Å². The van der Waals surface area contributed by atoms with Crippen molar-refractivity contribution in [3.8, 4) is 5.75 Å². The van der Waals surface area contributed by atoms with Gasteiger partial charge in [0, 0.05) is 11.1 Å². The van der Waals surface area contributed by atoms with Crippen LogP contribution in [0.4, 0.5) is 5.69 Å². The summed E-state index contributed by atoms with van der Waals surface area (Å²) in [5.41, 5.74) is 0.719. The van der Waals surface area contributed by atoms with E-state index in [1.54, 1.807) is 36.4 Å². The topological polar surface area (TPSA) is 78.7 Å². The molecule has 0 aromatic heterocycles. The van der Waals surface area contributed by atoms with E-state index < -0.39 is 10.9 Å². The van der Waals surface area contributed by atoms with Gasteiger partial charge in [0.05, 0.1) is 17.6 Å². The van der Waals surface area contributed by atoms with E-state index in [-0.39, 0.29) is 23.6 Å². The molecule has 0 saturated heterocycles. The van der Waals surface area contributed by atoms with E-state index in [1.165, 1.54) is 25.3 Å². The van der Waals surface area contributed by atoms with Gasteiger partial charge in [-0.1, -0.05) is 35.9 Å². The van der Waals surface area contributed by atoms with Gasteiger partial charge >= 0.3 is 11.7 Å². The smallest absolute Gasteiger partial charge is 0.337 e.